The molecule has 1 heterocycles. The molecule has 0 bridgehead atoms. The van der Waals surface area contributed by atoms with E-state index >= 15 is 0 Å². The van der Waals surface area contributed by atoms with Gasteiger partial charge in [-0.25, -0.2) is 8.42 Å². The third-order valence-corrected chi connectivity index (χ3v) is 8.43. The fourth-order valence-electron chi connectivity index (χ4n) is 4.20. The van der Waals surface area contributed by atoms with Crippen LogP contribution in [0.4, 0.5) is 5.69 Å². The minimum Gasteiger partial charge on any atom is -0.497 e. The summed E-state index contributed by atoms with van der Waals surface area (Å²) in [4.78, 5) is 28.6. The number of sulfonamides is 1. The fourth-order valence-corrected chi connectivity index (χ4v) is 5.25. The first-order valence-electron chi connectivity index (χ1n) is 13.3. The summed E-state index contributed by atoms with van der Waals surface area (Å²) in [6.45, 7) is 7.61. The summed E-state index contributed by atoms with van der Waals surface area (Å²) in [7, 11) is -2.29. The number of hydrogen-bond acceptors (Lipinski definition) is 7. The molecule has 3 rings (SSSR count). The number of nitrogens with zero attached hydrogens (tertiary/aromatic N) is 2. The van der Waals surface area contributed by atoms with E-state index in [1.807, 2.05) is 32.9 Å². The van der Waals surface area contributed by atoms with E-state index in [0.29, 0.717) is 36.9 Å². The largest absolute Gasteiger partial charge is 0.497 e. The summed E-state index contributed by atoms with van der Waals surface area (Å²) in [5.41, 5.74) is 1.07. The minimum atomic E-state index is -3.85. The molecule has 0 saturated carbocycles. The Labute approximate surface area is 231 Å². The Balaban J connectivity index is 1.97. The van der Waals surface area contributed by atoms with Gasteiger partial charge in [-0.1, -0.05) is 26.0 Å². The number of methoxy groups -OCH3 is 1. The molecule has 1 aliphatic heterocycles. The van der Waals surface area contributed by atoms with E-state index in [-0.39, 0.29) is 29.9 Å². The standard InChI is InChI=1S/C28H39N3O7S/c1-6-20(4)29-28(33)24(7-2)30(18-21-9-12-23(36-5)13-10-21)27(32)19-31(39(34,35)8-3)22-11-14-25-26(17-22)38-16-15-37-25/h9-14,17,20,24H,6-8,15-16,18-19H2,1-5H3,(H,29,33)/t20-,24+/m1/s1. The highest BCUT2D eigenvalue weighted by atomic mass is 32.2. The molecule has 0 aliphatic carbocycles. The van der Waals surface area contributed by atoms with Crippen molar-refractivity contribution in [2.24, 2.45) is 0 Å². The fraction of sp³-hybridized carbons (Fsp3) is 0.500. The van der Waals surface area contributed by atoms with Gasteiger partial charge >= 0.3 is 0 Å². The molecule has 1 N–H and O–H groups in total. The number of anilines is 1. The van der Waals surface area contributed by atoms with Crippen molar-refractivity contribution in [2.45, 2.75) is 59.2 Å². The van der Waals surface area contributed by atoms with Crippen molar-refractivity contribution in [3.8, 4) is 17.2 Å². The second-order valence-corrected chi connectivity index (χ2v) is 11.5. The zero-order valence-electron chi connectivity index (χ0n) is 23.3. The van der Waals surface area contributed by atoms with Crippen LogP contribution in [0.1, 0.15) is 46.1 Å². The van der Waals surface area contributed by atoms with E-state index in [2.05, 4.69) is 5.32 Å². The lowest BCUT2D eigenvalue weighted by molar-refractivity contribution is -0.140. The predicted molar refractivity (Wildman–Crippen MR) is 150 cm³/mol. The van der Waals surface area contributed by atoms with Gasteiger partial charge in [0.15, 0.2) is 11.5 Å². The van der Waals surface area contributed by atoms with Gasteiger partial charge in [0, 0.05) is 18.7 Å². The first-order valence-corrected chi connectivity index (χ1v) is 14.9. The molecule has 0 saturated heterocycles. The molecule has 39 heavy (non-hydrogen) atoms. The van der Waals surface area contributed by atoms with Gasteiger partial charge in [0.1, 0.15) is 31.5 Å². The molecule has 0 spiro atoms. The zero-order chi connectivity index (χ0) is 28.6. The molecule has 214 valence electrons. The van der Waals surface area contributed by atoms with Crippen LogP contribution in [0.2, 0.25) is 0 Å². The number of hydrogen-bond donors (Lipinski definition) is 1. The van der Waals surface area contributed by atoms with Gasteiger partial charge in [-0.2, -0.15) is 0 Å². The Morgan fingerprint density at radius 3 is 2.26 bits per heavy atom. The third-order valence-electron chi connectivity index (χ3n) is 6.69. The molecule has 0 radical (unpaired) electrons. The van der Waals surface area contributed by atoms with Crippen LogP contribution in [0.25, 0.3) is 0 Å². The van der Waals surface area contributed by atoms with Gasteiger partial charge in [0.25, 0.3) is 0 Å². The molecule has 0 fully saturated rings. The Bertz CT molecular complexity index is 1230. The first-order chi connectivity index (χ1) is 18.6. The van der Waals surface area contributed by atoms with E-state index < -0.39 is 28.5 Å². The summed E-state index contributed by atoms with van der Waals surface area (Å²) < 4.78 is 43.9. The van der Waals surface area contributed by atoms with Crippen molar-refractivity contribution in [3.05, 3.63) is 48.0 Å². The van der Waals surface area contributed by atoms with Crippen molar-refractivity contribution >= 4 is 27.5 Å². The quantitative estimate of drug-likeness (QED) is 0.399. The summed E-state index contributed by atoms with van der Waals surface area (Å²) in [5, 5.41) is 2.97. The summed E-state index contributed by atoms with van der Waals surface area (Å²) in [6.07, 6.45) is 1.09. The number of fused-ring (bicyclic) bond motifs is 1. The number of nitrogens with one attached hydrogen (secondary N) is 1. The maximum absolute atomic E-state index is 13.9. The normalized spacial score (nSPS) is 14.2. The van der Waals surface area contributed by atoms with Crippen LogP contribution < -0.4 is 23.8 Å². The minimum absolute atomic E-state index is 0.0702. The van der Waals surface area contributed by atoms with E-state index in [1.54, 1.807) is 37.4 Å². The lowest BCUT2D eigenvalue weighted by Crippen LogP contribution is -2.53. The molecule has 2 aromatic rings. The molecule has 0 aromatic heterocycles. The number of ether oxygens (including phenoxy) is 3. The SMILES string of the molecule is CC[C@@H](C)NC(=O)[C@H](CC)N(Cc1ccc(OC)cc1)C(=O)CN(c1ccc2c(c1)OCCO2)S(=O)(=O)CC. The Kier molecular flexibility index (Phi) is 10.4. The monoisotopic (exact) mass is 561 g/mol. The van der Waals surface area contributed by atoms with Crippen LogP contribution in [-0.4, -0.2) is 69.8 Å². The Morgan fingerprint density at radius 1 is 1.00 bits per heavy atom. The van der Waals surface area contributed by atoms with E-state index in [4.69, 9.17) is 14.2 Å². The molecular formula is C28H39N3O7S. The van der Waals surface area contributed by atoms with Crippen LogP contribution in [-0.2, 0) is 26.2 Å². The number of amides is 2. The van der Waals surface area contributed by atoms with Crippen molar-refractivity contribution in [1.82, 2.24) is 10.2 Å². The molecule has 10 nitrogen and oxygen atoms in total. The highest BCUT2D eigenvalue weighted by molar-refractivity contribution is 7.92. The molecule has 2 aromatic carbocycles. The van der Waals surface area contributed by atoms with Gasteiger partial charge in [0.05, 0.1) is 18.6 Å². The Morgan fingerprint density at radius 2 is 1.67 bits per heavy atom. The molecule has 11 heteroatoms. The van der Waals surface area contributed by atoms with Crippen LogP contribution in [0.5, 0.6) is 17.2 Å². The second kappa shape index (κ2) is 13.5. The lowest BCUT2D eigenvalue weighted by atomic mass is 10.1. The van der Waals surface area contributed by atoms with Gasteiger partial charge in [0.2, 0.25) is 21.8 Å². The van der Waals surface area contributed by atoms with Crippen LogP contribution in [0.15, 0.2) is 42.5 Å². The van der Waals surface area contributed by atoms with Crippen LogP contribution in [0.3, 0.4) is 0 Å². The molecule has 2 atom stereocenters. The average molecular weight is 562 g/mol. The van der Waals surface area contributed by atoms with E-state index in [1.165, 1.54) is 11.8 Å². The second-order valence-electron chi connectivity index (χ2n) is 9.35. The van der Waals surface area contributed by atoms with Crippen LogP contribution >= 0.6 is 0 Å². The lowest BCUT2D eigenvalue weighted by Gasteiger charge is -2.34. The van der Waals surface area contributed by atoms with Gasteiger partial charge < -0.3 is 24.4 Å². The van der Waals surface area contributed by atoms with E-state index in [0.717, 1.165) is 16.3 Å². The van der Waals surface area contributed by atoms with Gasteiger partial charge in [-0.15, -0.1) is 0 Å². The Hall–Kier alpha value is -3.47. The molecule has 1 aliphatic rings. The maximum atomic E-state index is 13.9. The van der Waals surface area contributed by atoms with Crippen molar-refractivity contribution < 1.29 is 32.2 Å². The zero-order valence-corrected chi connectivity index (χ0v) is 24.1. The summed E-state index contributed by atoms with van der Waals surface area (Å²) >= 11 is 0. The van der Waals surface area contributed by atoms with Crippen molar-refractivity contribution in [1.29, 1.82) is 0 Å². The van der Waals surface area contributed by atoms with E-state index in [9.17, 15) is 18.0 Å². The molecule has 2 amide bonds. The first kappa shape index (κ1) is 30.1. The number of benzene rings is 2. The van der Waals surface area contributed by atoms with Gasteiger partial charge in [-0.3, -0.25) is 13.9 Å². The smallest absolute Gasteiger partial charge is 0.244 e. The maximum Gasteiger partial charge on any atom is 0.244 e. The van der Waals surface area contributed by atoms with Gasteiger partial charge in [-0.05, 0) is 56.5 Å². The highest BCUT2D eigenvalue weighted by Gasteiger charge is 2.33. The number of rotatable bonds is 13. The molecular weight excluding hydrogens is 522 g/mol. The van der Waals surface area contributed by atoms with Crippen LogP contribution in [0, 0.1) is 0 Å². The number of carbonyl (C=O) groups is 2. The topological polar surface area (TPSA) is 114 Å². The van der Waals surface area contributed by atoms with Crippen molar-refractivity contribution in [2.75, 3.05) is 36.9 Å². The summed E-state index contributed by atoms with van der Waals surface area (Å²) in [5.74, 6) is 0.605. The molecule has 0 unspecified atom stereocenters. The highest BCUT2D eigenvalue weighted by Crippen LogP contribution is 2.35. The average Bonchev–Trinajstić information content (AvgIpc) is 2.95. The third kappa shape index (κ3) is 7.56. The predicted octanol–water partition coefficient (Wildman–Crippen LogP) is 3.34. The van der Waals surface area contributed by atoms with Crippen molar-refractivity contribution in [3.63, 3.8) is 0 Å². The summed E-state index contributed by atoms with van der Waals surface area (Å²) in [6, 6.07) is 11.1. The number of carbonyl (C=O) groups excluding carboxylic acids is 2.